The Bertz CT molecular complexity index is 1460. The SMILES string of the molecule is COc1cccc(CN(C(=O)CN(c2ccc(OC)c(OC)c2)S(=O)(=O)c2ccccc2)C(C)C(=O)NCC(C)C)c1. The molecule has 11 heteroatoms. The molecule has 0 radical (unpaired) electrons. The van der Waals surface area contributed by atoms with Gasteiger partial charge >= 0.3 is 0 Å². The fourth-order valence-electron chi connectivity index (χ4n) is 4.23. The van der Waals surface area contributed by atoms with Crippen molar-refractivity contribution in [3.63, 3.8) is 0 Å². The summed E-state index contributed by atoms with van der Waals surface area (Å²) in [5.74, 6) is 0.587. The maximum atomic E-state index is 14.1. The highest BCUT2D eigenvalue weighted by molar-refractivity contribution is 7.92. The van der Waals surface area contributed by atoms with Gasteiger partial charge in [0.25, 0.3) is 10.0 Å². The number of nitrogens with one attached hydrogen (secondary N) is 1. The standard InChI is InChI=1S/C31H39N3O7S/c1-22(2)19-32-31(36)23(3)33(20-24-11-10-12-26(17-24)39-4)30(35)21-34(42(37,38)27-13-8-7-9-14-27)25-15-16-28(40-5)29(18-25)41-6/h7-18,22-23H,19-21H2,1-6H3,(H,32,36). The van der Waals surface area contributed by atoms with E-state index in [1.165, 1.54) is 37.3 Å². The molecule has 10 nitrogen and oxygen atoms in total. The summed E-state index contributed by atoms with van der Waals surface area (Å²) in [7, 11) is 0.246. The van der Waals surface area contributed by atoms with E-state index >= 15 is 0 Å². The Hall–Kier alpha value is -4.25. The monoisotopic (exact) mass is 597 g/mol. The third-order valence-electron chi connectivity index (χ3n) is 6.60. The van der Waals surface area contributed by atoms with Gasteiger partial charge in [-0.2, -0.15) is 0 Å². The Kier molecular flexibility index (Phi) is 11.2. The topological polar surface area (TPSA) is 114 Å². The highest BCUT2D eigenvalue weighted by Gasteiger charge is 2.33. The van der Waals surface area contributed by atoms with Crippen molar-refractivity contribution >= 4 is 27.5 Å². The summed E-state index contributed by atoms with van der Waals surface area (Å²) in [6.45, 7) is 5.49. The van der Waals surface area contributed by atoms with Crippen molar-refractivity contribution in [2.45, 2.75) is 38.3 Å². The maximum absolute atomic E-state index is 14.1. The molecule has 1 N–H and O–H groups in total. The summed E-state index contributed by atoms with van der Waals surface area (Å²) < 4.78 is 45.0. The van der Waals surface area contributed by atoms with Crippen LogP contribution in [0.25, 0.3) is 0 Å². The summed E-state index contributed by atoms with van der Waals surface area (Å²) in [5, 5.41) is 2.87. The number of methoxy groups -OCH3 is 3. The molecule has 0 aliphatic rings. The molecule has 226 valence electrons. The molecule has 0 heterocycles. The minimum Gasteiger partial charge on any atom is -0.497 e. The third-order valence-corrected chi connectivity index (χ3v) is 8.39. The second-order valence-corrected chi connectivity index (χ2v) is 11.9. The molecule has 0 aliphatic carbocycles. The van der Waals surface area contributed by atoms with Crippen LogP contribution in [0.5, 0.6) is 17.2 Å². The summed E-state index contributed by atoms with van der Waals surface area (Å²) >= 11 is 0. The number of nitrogens with zero attached hydrogens (tertiary/aromatic N) is 2. The van der Waals surface area contributed by atoms with Gasteiger partial charge in [0.05, 0.1) is 31.9 Å². The largest absolute Gasteiger partial charge is 0.497 e. The van der Waals surface area contributed by atoms with Crippen LogP contribution in [0.2, 0.25) is 0 Å². The molecular weight excluding hydrogens is 558 g/mol. The lowest BCUT2D eigenvalue weighted by Gasteiger charge is -2.32. The van der Waals surface area contributed by atoms with Crippen LogP contribution in [0.3, 0.4) is 0 Å². The number of ether oxygens (including phenoxy) is 3. The Morgan fingerprint density at radius 3 is 2.14 bits per heavy atom. The van der Waals surface area contributed by atoms with E-state index in [2.05, 4.69) is 5.32 Å². The zero-order chi connectivity index (χ0) is 30.9. The van der Waals surface area contributed by atoms with Gasteiger partial charge in [0.2, 0.25) is 11.8 Å². The lowest BCUT2D eigenvalue weighted by Crippen LogP contribution is -2.51. The Morgan fingerprint density at radius 1 is 0.833 bits per heavy atom. The quantitative estimate of drug-likeness (QED) is 0.298. The first kappa shape index (κ1) is 32.3. The van der Waals surface area contributed by atoms with Gasteiger partial charge < -0.3 is 24.4 Å². The first-order chi connectivity index (χ1) is 20.0. The van der Waals surface area contributed by atoms with Crippen LogP contribution in [-0.2, 0) is 26.2 Å². The predicted molar refractivity (Wildman–Crippen MR) is 161 cm³/mol. The molecule has 1 unspecified atom stereocenters. The smallest absolute Gasteiger partial charge is 0.264 e. The van der Waals surface area contributed by atoms with Crippen molar-refractivity contribution < 1.29 is 32.2 Å². The van der Waals surface area contributed by atoms with E-state index in [-0.39, 0.29) is 29.0 Å². The number of rotatable bonds is 14. The molecule has 3 rings (SSSR count). The van der Waals surface area contributed by atoms with Crippen LogP contribution in [-0.4, -0.2) is 65.6 Å². The van der Waals surface area contributed by atoms with Crippen molar-refractivity contribution in [3.05, 3.63) is 78.4 Å². The molecule has 1 atom stereocenters. The van der Waals surface area contributed by atoms with E-state index in [9.17, 15) is 18.0 Å². The fourth-order valence-corrected chi connectivity index (χ4v) is 5.66. The number of carbonyl (C=O) groups excluding carboxylic acids is 2. The van der Waals surface area contributed by atoms with Crippen LogP contribution in [0.4, 0.5) is 5.69 Å². The molecule has 0 saturated carbocycles. The molecule has 0 spiro atoms. The summed E-state index contributed by atoms with van der Waals surface area (Å²) in [5.41, 5.74) is 0.915. The van der Waals surface area contributed by atoms with Gasteiger partial charge in [-0.3, -0.25) is 13.9 Å². The third kappa shape index (κ3) is 7.94. The van der Waals surface area contributed by atoms with E-state index in [0.717, 1.165) is 9.87 Å². The molecule has 3 aromatic carbocycles. The van der Waals surface area contributed by atoms with E-state index in [0.29, 0.717) is 23.8 Å². The van der Waals surface area contributed by atoms with Crippen molar-refractivity contribution in [1.82, 2.24) is 10.2 Å². The van der Waals surface area contributed by atoms with Gasteiger partial charge in [-0.05, 0) is 54.8 Å². The molecule has 0 fully saturated rings. The van der Waals surface area contributed by atoms with Crippen molar-refractivity contribution in [2.24, 2.45) is 5.92 Å². The van der Waals surface area contributed by atoms with Crippen molar-refractivity contribution in [1.29, 1.82) is 0 Å². The van der Waals surface area contributed by atoms with Gasteiger partial charge in [0, 0.05) is 19.2 Å². The van der Waals surface area contributed by atoms with Crippen molar-refractivity contribution in [3.8, 4) is 17.2 Å². The second kappa shape index (κ2) is 14.6. The van der Waals surface area contributed by atoms with Crippen molar-refractivity contribution in [2.75, 3.05) is 38.7 Å². The van der Waals surface area contributed by atoms with Crippen LogP contribution in [0.15, 0.2) is 77.7 Å². The number of anilines is 1. The van der Waals surface area contributed by atoms with Gasteiger partial charge in [-0.25, -0.2) is 8.42 Å². The van der Waals surface area contributed by atoms with Crippen LogP contribution in [0.1, 0.15) is 26.3 Å². The van der Waals surface area contributed by atoms with Gasteiger partial charge in [0.15, 0.2) is 11.5 Å². The van der Waals surface area contributed by atoms with Crippen LogP contribution < -0.4 is 23.8 Å². The molecule has 0 aliphatic heterocycles. The Labute approximate surface area is 248 Å². The normalized spacial score (nSPS) is 11.9. The number of hydrogen-bond donors (Lipinski definition) is 1. The summed E-state index contributed by atoms with van der Waals surface area (Å²) in [4.78, 5) is 28.6. The minimum absolute atomic E-state index is 0.00894. The average Bonchev–Trinajstić information content (AvgIpc) is 3.00. The lowest BCUT2D eigenvalue weighted by molar-refractivity contribution is -0.139. The molecule has 2 amide bonds. The zero-order valence-corrected chi connectivity index (χ0v) is 25.7. The number of hydrogen-bond acceptors (Lipinski definition) is 7. The molecule has 0 bridgehead atoms. The highest BCUT2D eigenvalue weighted by atomic mass is 32.2. The van der Waals surface area contributed by atoms with Crippen LogP contribution in [0, 0.1) is 5.92 Å². The minimum atomic E-state index is -4.21. The second-order valence-electron chi connectivity index (χ2n) is 10.1. The molecule has 0 saturated heterocycles. The van der Waals surface area contributed by atoms with Gasteiger partial charge in [-0.1, -0.05) is 44.2 Å². The van der Waals surface area contributed by atoms with Gasteiger partial charge in [0.1, 0.15) is 18.3 Å². The number of amides is 2. The van der Waals surface area contributed by atoms with E-state index in [1.807, 2.05) is 19.9 Å². The van der Waals surface area contributed by atoms with Gasteiger partial charge in [-0.15, -0.1) is 0 Å². The molecule has 42 heavy (non-hydrogen) atoms. The Balaban J connectivity index is 2.07. The predicted octanol–water partition coefficient (Wildman–Crippen LogP) is 4.10. The first-order valence-corrected chi connectivity index (χ1v) is 15.0. The molecular formula is C31H39N3O7S. The Morgan fingerprint density at radius 2 is 1.52 bits per heavy atom. The summed E-state index contributed by atoms with van der Waals surface area (Å²) in [6, 6.07) is 18.7. The van der Waals surface area contributed by atoms with E-state index in [1.54, 1.807) is 62.6 Å². The molecule has 0 aromatic heterocycles. The van der Waals surface area contributed by atoms with E-state index in [4.69, 9.17) is 14.2 Å². The molecule has 3 aromatic rings. The van der Waals surface area contributed by atoms with Crippen LogP contribution >= 0.6 is 0 Å². The fraction of sp³-hybridized carbons (Fsp3) is 0.355. The average molecular weight is 598 g/mol. The zero-order valence-electron chi connectivity index (χ0n) is 24.9. The first-order valence-electron chi connectivity index (χ1n) is 13.5. The summed E-state index contributed by atoms with van der Waals surface area (Å²) in [6.07, 6.45) is 0. The van der Waals surface area contributed by atoms with E-state index < -0.39 is 28.5 Å². The number of benzene rings is 3. The number of sulfonamides is 1. The lowest BCUT2D eigenvalue weighted by atomic mass is 10.1. The number of carbonyl (C=O) groups is 2. The maximum Gasteiger partial charge on any atom is 0.264 e. The highest BCUT2D eigenvalue weighted by Crippen LogP contribution is 2.34.